The first-order valence-electron chi connectivity index (χ1n) is 5.96. The predicted molar refractivity (Wildman–Crippen MR) is 59.1 cm³/mol. The first kappa shape index (κ1) is 15.9. The summed E-state index contributed by atoms with van der Waals surface area (Å²) in [6.07, 6.45) is -7.07. The molecule has 0 amide bonds. The lowest BCUT2D eigenvalue weighted by Crippen LogP contribution is -2.38. The van der Waals surface area contributed by atoms with E-state index in [1.54, 1.807) is 0 Å². The largest absolute Gasteiger partial charge is 0.393 e. The average molecular weight is 317 g/mol. The van der Waals surface area contributed by atoms with Crippen LogP contribution in [-0.4, -0.2) is 32.5 Å². The maximum atomic E-state index is 13.8. The fourth-order valence-corrected chi connectivity index (χ4v) is 2.09. The summed E-state index contributed by atoms with van der Waals surface area (Å²) in [4.78, 5) is 0.998. The van der Waals surface area contributed by atoms with Gasteiger partial charge in [-0.3, -0.25) is 0 Å². The molecule has 1 aromatic rings. The molecule has 1 heterocycles. The molecule has 1 aliphatic heterocycles. The Bertz CT molecular complexity index is 508. The molecular weight excluding hydrogens is 307 g/mol. The number of hydrogen-bond donors (Lipinski definition) is 0. The van der Waals surface area contributed by atoms with Gasteiger partial charge in [-0.05, 0) is 0 Å². The number of nitrogens with zero attached hydrogens (tertiary/aromatic N) is 1. The fraction of sp³-hybridized carbons (Fsp3) is 0.500. The van der Waals surface area contributed by atoms with Crippen molar-refractivity contribution >= 4 is 5.69 Å². The quantitative estimate of drug-likeness (QED) is 0.614. The van der Waals surface area contributed by atoms with Gasteiger partial charge in [-0.25, -0.2) is 17.6 Å². The van der Waals surface area contributed by atoms with Crippen LogP contribution in [0.2, 0.25) is 0 Å². The third-order valence-electron chi connectivity index (χ3n) is 3.04. The monoisotopic (exact) mass is 317 g/mol. The lowest BCUT2D eigenvalue weighted by atomic mass is 10.1. The summed E-state index contributed by atoms with van der Waals surface area (Å²) >= 11 is 0. The zero-order chi connectivity index (χ0) is 15.8. The maximum absolute atomic E-state index is 13.8. The van der Waals surface area contributed by atoms with E-state index >= 15 is 0 Å². The van der Waals surface area contributed by atoms with Crippen LogP contribution < -0.4 is 4.90 Å². The van der Waals surface area contributed by atoms with Gasteiger partial charge in [0.25, 0.3) is 0 Å². The van der Waals surface area contributed by atoms with Crippen LogP contribution >= 0.6 is 0 Å². The van der Waals surface area contributed by atoms with Crippen molar-refractivity contribution in [2.75, 3.05) is 31.2 Å². The molecule has 1 aliphatic rings. The normalized spacial score (nSPS) is 16.4. The van der Waals surface area contributed by atoms with Crippen LogP contribution in [-0.2, 0) is 11.2 Å². The summed E-state index contributed by atoms with van der Waals surface area (Å²) < 4.78 is 96.5. The Kier molecular flexibility index (Phi) is 4.31. The molecule has 2 nitrogen and oxygen atoms in total. The van der Waals surface area contributed by atoms with Crippen molar-refractivity contribution in [2.24, 2.45) is 0 Å². The van der Waals surface area contributed by atoms with Crippen LogP contribution in [0, 0.1) is 23.3 Å². The van der Waals surface area contributed by atoms with Gasteiger partial charge in [-0.1, -0.05) is 0 Å². The van der Waals surface area contributed by atoms with E-state index in [1.165, 1.54) is 0 Å². The number of halogens is 7. The van der Waals surface area contributed by atoms with Crippen LogP contribution in [0.15, 0.2) is 0 Å². The molecule has 0 bridgehead atoms. The highest BCUT2D eigenvalue weighted by molar-refractivity contribution is 5.52. The fourth-order valence-electron chi connectivity index (χ4n) is 2.09. The maximum Gasteiger partial charge on any atom is 0.393 e. The molecule has 0 aromatic heterocycles. The Morgan fingerprint density at radius 1 is 0.857 bits per heavy atom. The van der Waals surface area contributed by atoms with E-state index in [0.717, 1.165) is 4.90 Å². The molecule has 0 atom stereocenters. The van der Waals surface area contributed by atoms with Crippen molar-refractivity contribution in [1.82, 2.24) is 0 Å². The SMILES string of the molecule is Fc1c(F)c(N2CCOCC2)c(F)c(F)c1CC(F)(F)F. The van der Waals surface area contributed by atoms with Crippen LogP contribution in [0.25, 0.3) is 0 Å². The number of ether oxygens (including phenoxy) is 1. The van der Waals surface area contributed by atoms with Crippen molar-refractivity contribution in [3.63, 3.8) is 0 Å². The minimum atomic E-state index is -4.99. The molecule has 1 saturated heterocycles. The standard InChI is InChI=1S/C12H10F7NO/c13-7-6(5-12(17,18)19)8(14)10(16)11(9(7)15)20-1-3-21-4-2-20/h1-5H2. The highest BCUT2D eigenvalue weighted by Gasteiger charge is 2.36. The van der Waals surface area contributed by atoms with E-state index in [2.05, 4.69) is 0 Å². The number of anilines is 1. The number of benzene rings is 1. The third-order valence-corrected chi connectivity index (χ3v) is 3.04. The smallest absolute Gasteiger partial charge is 0.378 e. The molecule has 0 spiro atoms. The molecule has 0 aliphatic carbocycles. The minimum Gasteiger partial charge on any atom is -0.378 e. The highest BCUT2D eigenvalue weighted by Crippen LogP contribution is 2.34. The Labute approximate surface area is 115 Å². The lowest BCUT2D eigenvalue weighted by molar-refractivity contribution is -0.128. The second kappa shape index (κ2) is 5.70. The van der Waals surface area contributed by atoms with Gasteiger partial charge in [-0.2, -0.15) is 13.2 Å². The molecule has 0 radical (unpaired) electrons. The number of morpholine rings is 1. The summed E-state index contributed by atoms with van der Waals surface area (Å²) in [5.74, 6) is -7.69. The second-order valence-electron chi connectivity index (χ2n) is 4.47. The zero-order valence-electron chi connectivity index (χ0n) is 10.5. The Hall–Kier alpha value is -1.51. The molecule has 0 N–H and O–H groups in total. The van der Waals surface area contributed by atoms with E-state index in [-0.39, 0.29) is 26.3 Å². The van der Waals surface area contributed by atoms with E-state index in [1.807, 2.05) is 0 Å². The van der Waals surface area contributed by atoms with E-state index < -0.39 is 47.1 Å². The first-order valence-corrected chi connectivity index (χ1v) is 5.96. The summed E-state index contributed by atoms with van der Waals surface area (Å²) in [7, 11) is 0. The molecular formula is C12H10F7NO. The van der Waals surface area contributed by atoms with Crippen molar-refractivity contribution in [3.05, 3.63) is 28.8 Å². The van der Waals surface area contributed by atoms with Crippen LogP contribution in [0.1, 0.15) is 5.56 Å². The van der Waals surface area contributed by atoms with Gasteiger partial charge >= 0.3 is 6.18 Å². The highest BCUT2D eigenvalue weighted by atomic mass is 19.4. The van der Waals surface area contributed by atoms with Gasteiger partial charge in [0.1, 0.15) is 5.69 Å². The molecule has 0 unspecified atom stereocenters. The van der Waals surface area contributed by atoms with Crippen LogP contribution in [0.5, 0.6) is 0 Å². The minimum absolute atomic E-state index is 0.0225. The van der Waals surface area contributed by atoms with E-state index in [9.17, 15) is 30.7 Å². The van der Waals surface area contributed by atoms with Crippen LogP contribution in [0.4, 0.5) is 36.4 Å². The number of rotatable bonds is 2. The summed E-state index contributed by atoms with van der Waals surface area (Å²) in [5, 5.41) is 0. The summed E-state index contributed by atoms with van der Waals surface area (Å²) in [6, 6.07) is 0. The van der Waals surface area contributed by atoms with Crippen molar-refractivity contribution in [1.29, 1.82) is 0 Å². The Morgan fingerprint density at radius 2 is 1.33 bits per heavy atom. The van der Waals surface area contributed by atoms with Crippen molar-refractivity contribution in [3.8, 4) is 0 Å². The number of alkyl halides is 3. The molecule has 0 saturated carbocycles. The average Bonchev–Trinajstić information content (AvgIpc) is 2.42. The van der Waals surface area contributed by atoms with Gasteiger partial charge in [0.2, 0.25) is 0 Å². The van der Waals surface area contributed by atoms with E-state index in [4.69, 9.17) is 4.74 Å². The Morgan fingerprint density at radius 3 is 1.76 bits per heavy atom. The first-order chi connectivity index (χ1) is 9.72. The van der Waals surface area contributed by atoms with E-state index in [0.29, 0.717) is 0 Å². The van der Waals surface area contributed by atoms with Gasteiger partial charge in [0.05, 0.1) is 19.6 Å². The van der Waals surface area contributed by atoms with Crippen LogP contribution in [0.3, 0.4) is 0 Å². The topological polar surface area (TPSA) is 12.5 Å². The summed E-state index contributed by atoms with van der Waals surface area (Å²) in [6.45, 7) is 0.134. The van der Waals surface area contributed by atoms with Gasteiger partial charge < -0.3 is 9.64 Å². The van der Waals surface area contributed by atoms with Gasteiger partial charge in [0.15, 0.2) is 23.3 Å². The second-order valence-corrected chi connectivity index (χ2v) is 4.47. The predicted octanol–water partition coefficient (Wildman–Crippen LogP) is 3.18. The molecule has 1 aromatic carbocycles. The van der Waals surface area contributed by atoms with Crippen molar-refractivity contribution in [2.45, 2.75) is 12.6 Å². The van der Waals surface area contributed by atoms with Crippen molar-refractivity contribution < 1.29 is 35.5 Å². The molecule has 9 heteroatoms. The van der Waals surface area contributed by atoms with Gasteiger partial charge in [-0.15, -0.1) is 0 Å². The van der Waals surface area contributed by atoms with Gasteiger partial charge in [0, 0.05) is 18.7 Å². The third kappa shape index (κ3) is 3.22. The molecule has 2 rings (SSSR count). The lowest BCUT2D eigenvalue weighted by Gasteiger charge is -2.30. The number of hydrogen-bond acceptors (Lipinski definition) is 2. The zero-order valence-corrected chi connectivity index (χ0v) is 10.5. The summed E-state index contributed by atoms with van der Waals surface area (Å²) in [5.41, 5.74) is -2.66. The molecule has 118 valence electrons. The molecule has 21 heavy (non-hydrogen) atoms. The Balaban J connectivity index is 2.50. The molecule has 1 fully saturated rings.